The maximum atomic E-state index is 9.66. The van der Waals surface area contributed by atoms with Crippen LogP contribution >= 0.6 is 0 Å². The third-order valence-electron chi connectivity index (χ3n) is 2.56. The van der Waals surface area contributed by atoms with E-state index in [0.717, 1.165) is 0 Å². The van der Waals surface area contributed by atoms with Crippen LogP contribution in [0.25, 0.3) is 0 Å². The second kappa shape index (κ2) is 2.40. The number of rotatable bonds is 0. The van der Waals surface area contributed by atoms with E-state index in [4.69, 9.17) is 18.9 Å². The van der Waals surface area contributed by atoms with E-state index in [9.17, 15) is 5.11 Å². The van der Waals surface area contributed by atoms with E-state index in [1.165, 1.54) is 0 Å². The molecule has 0 radical (unpaired) electrons. The van der Waals surface area contributed by atoms with E-state index in [1.54, 1.807) is 0 Å². The lowest BCUT2D eigenvalue weighted by Crippen LogP contribution is -2.59. The first kappa shape index (κ1) is 7.23. The van der Waals surface area contributed by atoms with Gasteiger partial charge in [0.15, 0.2) is 6.29 Å². The van der Waals surface area contributed by atoms with Crippen LogP contribution in [0, 0.1) is 0 Å². The molecule has 0 aliphatic carbocycles. The van der Waals surface area contributed by atoms with Crippen molar-refractivity contribution in [3.8, 4) is 0 Å². The van der Waals surface area contributed by atoms with E-state index in [-0.39, 0.29) is 25.1 Å². The second-order valence-electron chi connectivity index (χ2n) is 3.25. The van der Waals surface area contributed by atoms with Gasteiger partial charge in [-0.3, -0.25) is 0 Å². The third kappa shape index (κ3) is 0.800. The molecule has 4 bridgehead atoms. The van der Waals surface area contributed by atoms with Gasteiger partial charge >= 0.3 is 0 Å². The van der Waals surface area contributed by atoms with Crippen molar-refractivity contribution < 1.29 is 24.1 Å². The molecule has 5 heteroatoms. The van der Waals surface area contributed by atoms with Crippen LogP contribution in [-0.4, -0.2) is 49.2 Å². The van der Waals surface area contributed by atoms with Gasteiger partial charge in [0.05, 0.1) is 6.61 Å². The summed E-state index contributed by atoms with van der Waals surface area (Å²) in [5.74, 6) is 0. The number of fused-ring (bicyclic) bond motifs is 6. The van der Waals surface area contributed by atoms with Crippen molar-refractivity contribution in [1.82, 2.24) is 0 Å². The zero-order valence-electron chi connectivity index (χ0n) is 6.38. The average Bonchev–Trinajstić information content (AvgIpc) is 2.47. The summed E-state index contributed by atoms with van der Waals surface area (Å²) in [5.41, 5.74) is 0. The molecule has 0 spiro atoms. The number of hydrogen-bond donors (Lipinski definition) is 1. The molecule has 12 heavy (non-hydrogen) atoms. The Morgan fingerprint density at radius 2 is 1.92 bits per heavy atom. The van der Waals surface area contributed by atoms with Gasteiger partial charge in [-0.05, 0) is 0 Å². The predicted octanol–water partition coefficient (Wildman–Crippen LogP) is -1.16. The molecule has 1 N–H and O–H groups in total. The summed E-state index contributed by atoms with van der Waals surface area (Å²) in [5, 5.41) is 9.66. The molecule has 3 fully saturated rings. The summed E-state index contributed by atoms with van der Waals surface area (Å²) in [7, 11) is 0. The van der Waals surface area contributed by atoms with Crippen LogP contribution in [0.15, 0.2) is 0 Å². The molecule has 5 nitrogen and oxygen atoms in total. The van der Waals surface area contributed by atoms with Gasteiger partial charge in [-0.2, -0.15) is 0 Å². The molecule has 68 valence electrons. The normalized spacial score (nSPS) is 57.2. The fourth-order valence-electron chi connectivity index (χ4n) is 1.93. The Morgan fingerprint density at radius 1 is 1.08 bits per heavy atom. The van der Waals surface area contributed by atoms with Crippen molar-refractivity contribution in [1.29, 1.82) is 0 Å². The van der Waals surface area contributed by atoms with Gasteiger partial charge < -0.3 is 24.1 Å². The zero-order valence-corrected chi connectivity index (χ0v) is 6.38. The second-order valence-corrected chi connectivity index (χ2v) is 3.25. The van der Waals surface area contributed by atoms with E-state index in [1.807, 2.05) is 0 Å². The summed E-state index contributed by atoms with van der Waals surface area (Å²) >= 11 is 0. The number of aliphatic hydroxyl groups excluding tert-OH is 1. The first-order valence-corrected chi connectivity index (χ1v) is 4.04. The van der Waals surface area contributed by atoms with Gasteiger partial charge in [0, 0.05) is 0 Å². The Morgan fingerprint density at radius 3 is 2.83 bits per heavy atom. The summed E-state index contributed by atoms with van der Waals surface area (Å²) in [4.78, 5) is 0. The molecule has 2 unspecified atom stereocenters. The first-order chi connectivity index (χ1) is 5.86. The van der Waals surface area contributed by atoms with Gasteiger partial charge in [0.25, 0.3) is 0 Å². The van der Waals surface area contributed by atoms with Crippen molar-refractivity contribution in [3.63, 3.8) is 0 Å². The quantitative estimate of drug-likeness (QED) is 0.502. The van der Waals surface area contributed by atoms with E-state index < -0.39 is 12.4 Å². The lowest BCUT2D eigenvalue weighted by molar-refractivity contribution is -0.322. The molecule has 3 aliphatic rings. The Balaban J connectivity index is 1.92. The molecule has 0 amide bonds. The highest BCUT2D eigenvalue weighted by atomic mass is 16.8. The van der Waals surface area contributed by atoms with Crippen LogP contribution < -0.4 is 0 Å². The van der Waals surface area contributed by atoms with Gasteiger partial charge in [0.2, 0.25) is 0 Å². The SMILES string of the molecule is O[C@@H]1C2OCOC1[C@H]1CO[C@@H]2O1. The molecule has 3 rings (SSSR count). The average molecular weight is 174 g/mol. The Hall–Kier alpha value is -0.200. The van der Waals surface area contributed by atoms with Crippen LogP contribution in [-0.2, 0) is 18.9 Å². The molecule has 3 saturated heterocycles. The van der Waals surface area contributed by atoms with Crippen molar-refractivity contribution in [2.75, 3.05) is 13.4 Å². The Kier molecular flexibility index (Phi) is 1.44. The van der Waals surface area contributed by atoms with Crippen molar-refractivity contribution in [2.24, 2.45) is 0 Å². The van der Waals surface area contributed by atoms with Crippen LogP contribution in [0.5, 0.6) is 0 Å². The fourth-order valence-corrected chi connectivity index (χ4v) is 1.93. The summed E-state index contributed by atoms with van der Waals surface area (Å²) < 4.78 is 21.1. The van der Waals surface area contributed by atoms with Gasteiger partial charge in [0.1, 0.15) is 31.2 Å². The van der Waals surface area contributed by atoms with Gasteiger partial charge in [-0.25, -0.2) is 0 Å². The first-order valence-electron chi connectivity index (χ1n) is 4.04. The molecule has 3 aliphatic heterocycles. The van der Waals surface area contributed by atoms with E-state index in [2.05, 4.69) is 0 Å². The monoisotopic (exact) mass is 174 g/mol. The smallest absolute Gasteiger partial charge is 0.187 e. The molecular weight excluding hydrogens is 164 g/mol. The molecule has 0 aromatic carbocycles. The molecule has 3 heterocycles. The highest BCUT2D eigenvalue weighted by Gasteiger charge is 2.53. The van der Waals surface area contributed by atoms with Crippen LogP contribution in [0.1, 0.15) is 0 Å². The third-order valence-corrected chi connectivity index (χ3v) is 2.56. The maximum Gasteiger partial charge on any atom is 0.187 e. The van der Waals surface area contributed by atoms with Crippen LogP contribution in [0.3, 0.4) is 0 Å². The molecule has 0 aromatic rings. The number of aliphatic hydroxyl groups is 1. The molecule has 0 saturated carbocycles. The molecule has 0 aromatic heterocycles. The van der Waals surface area contributed by atoms with E-state index in [0.29, 0.717) is 6.61 Å². The predicted molar refractivity (Wildman–Crippen MR) is 35.2 cm³/mol. The van der Waals surface area contributed by atoms with Crippen LogP contribution in [0.4, 0.5) is 0 Å². The Labute approximate surface area is 69.2 Å². The minimum absolute atomic E-state index is 0.120. The maximum absolute atomic E-state index is 9.66. The van der Waals surface area contributed by atoms with E-state index >= 15 is 0 Å². The zero-order chi connectivity index (χ0) is 8.13. The lowest BCUT2D eigenvalue weighted by atomic mass is 10.0. The highest BCUT2D eigenvalue weighted by Crippen LogP contribution is 2.34. The topological polar surface area (TPSA) is 57.2 Å². The minimum atomic E-state index is -0.606. The van der Waals surface area contributed by atoms with Gasteiger partial charge in [-0.1, -0.05) is 0 Å². The summed E-state index contributed by atoms with van der Waals surface area (Å²) in [6, 6.07) is 0. The standard InChI is InChI=1S/C7H10O5/c8-4-5-3-1-9-7(12-3)6(4)11-2-10-5/h3-8H,1-2H2/t3-,4+,5?,6?,7-/m1/s1. The minimum Gasteiger partial charge on any atom is -0.387 e. The number of hydrogen-bond acceptors (Lipinski definition) is 5. The van der Waals surface area contributed by atoms with Crippen molar-refractivity contribution in [2.45, 2.75) is 30.7 Å². The molecule has 5 atom stereocenters. The van der Waals surface area contributed by atoms with Crippen LogP contribution in [0.2, 0.25) is 0 Å². The summed E-state index contributed by atoms with van der Waals surface area (Å²) in [6.07, 6.45) is -1.77. The number of ether oxygens (including phenoxy) is 4. The summed E-state index contributed by atoms with van der Waals surface area (Å²) in [6.45, 7) is 0.721. The van der Waals surface area contributed by atoms with Crippen molar-refractivity contribution >= 4 is 0 Å². The van der Waals surface area contributed by atoms with Crippen molar-refractivity contribution in [3.05, 3.63) is 0 Å². The fraction of sp³-hybridized carbons (Fsp3) is 1.00. The lowest BCUT2D eigenvalue weighted by Gasteiger charge is -2.41. The van der Waals surface area contributed by atoms with Gasteiger partial charge in [-0.15, -0.1) is 0 Å². The molecular formula is C7H10O5. The Bertz CT molecular complexity index is 178. The largest absolute Gasteiger partial charge is 0.387 e. The highest BCUT2D eigenvalue weighted by molar-refractivity contribution is 4.96.